The van der Waals surface area contributed by atoms with Crippen LogP contribution < -0.4 is 9.62 Å². The maximum atomic E-state index is 12.3. The van der Waals surface area contributed by atoms with Crippen molar-refractivity contribution in [3.8, 4) is 0 Å². The molecule has 1 aromatic carbocycles. The van der Waals surface area contributed by atoms with E-state index in [9.17, 15) is 13.2 Å². The predicted molar refractivity (Wildman–Crippen MR) is 95.0 cm³/mol. The Bertz CT molecular complexity index is 816. The SMILES string of the molecule is CCOC(=O)c1ccc(S(=O)(=O)NCc2ccc(N(C)C)nc2)cc1. The van der Waals surface area contributed by atoms with Crippen LogP contribution in [0.4, 0.5) is 5.82 Å². The Balaban J connectivity index is 2.04. The van der Waals surface area contributed by atoms with Gasteiger partial charge in [0.1, 0.15) is 5.82 Å². The molecule has 0 radical (unpaired) electrons. The van der Waals surface area contributed by atoms with Crippen LogP contribution in [0, 0.1) is 0 Å². The fourth-order valence-corrected chi connectivity index (χ4v) is 3.05. The molecule has 2 rings (SSSR count). The summed E-state index contributed by atoms with van der Waals surface area (Å²) in [5.41, 5.74) is 1.06. The number of benzene rings is 1. The first kappa shape index (κ1) is 18.9. The second-order valence-corrected chi connectivity index (χ2v) is 7.26. The molecule has 0 aliphatic heterocycles. The molecular formula is C17H21N3O4S. The number of ether oxygens (including phenoxy) is 1. The highest BCUT2D eigenvalue weighted by Gasteiger charge is 2.15. The molecule has 1 heterocycles. The van der Waals surface area contributed by atoms with E-state index in [1.807, 2.05) is 31.1 Å². The first-order valence-electron chi connectivity index (χ1n) is 7.72. The molecule has 0 saturated carbocycles. The van der Waals surface area contributed by atoms with Crippen molar-refractivity contribution < 1.29 is 17.9 Å². The second-order valence-electron chi connectivity index (χ2n) is 5.49. The second kappa shape index (κ2) is 8.09. The van der Waals surface area contributed by atoms with Gasteiger partial charge < -0.3 is 9.64 Å². The monoisotopic (exact) mass is 363 g/mol. The number of carbonyl (C=O) groups is 1. The molecule has 1 aromatic heterocycles. The number of aromatic nitrogens is 1. The van der Waals surface area contributed by atoms with Crippen LogP contribution in [0.5, 0.6) is 0 Å². The van der Waals surface area contributed by atoms with Gasteiger partial charge in [-0.05, 0) is 42.8 Å². The summed E-state index contributed by atoms with van der Waals surface area (Å²) in [6.07, 6.45) is 1.63. The van der Waals surface area contributed by atoms with Crippen LogP contribution in [0.15, 0.2) is 47.5 Å². The lowest BCUT2D eigenvalue weighted by molar-refractivity contribution is 0.0526. The molecule has 0 fully saturated rings. The van der Waals surface area contributed by atoms with Crippen molar-refractivity contribution in [2.45, 2.75) is 18.4 Å². The van der Waals surface area contributed by atoms with Gasteiger partial charge >= 0.3 is 5.97 Å². The van der Waals surface area contributed by atoms with E-state index in [1.165, 1.54) is 24.3 Å². The molecule has 1 N–H and O–H groups in total. The van der Waals surface area contributed by atoms with Crippen LogP contribution in [-0.2, 0) is 21.3 Å². The molecule has 0 aliphatic rings. The van der Waals surface area contributed by atoms with Crippen LogP contribution in [0.1, 0.15) is 22.8 Å². The van der Waals surface area contributed by atoms with Crippen molar-refractivity contribution in [3.05, 3.63) is 53.7 Å². The summed E-state index contributed by atoms with van der Waals surface area (Å²) < 4.78 is 32.1. The largest absolute Gasteiger partial charge is 0.462 e. The van der Waals surface area contributed by atoms with Gasteiger partial charge in [-0.2, -0.15) is 0 Å². The van der Waals surface area contributed by atoms with Gasteiger partial charge in [0.2, 0.25) is 10.0 Å². The zero-order valence-corrected chi connectivity index (χ0v) is 15.2. The number of hydrogen-bond donors (Lipinski definition) is 1. The molecule has 134 valence electrons. The maximum Gasteiger partial charge on any atom is 0.338 e. The Morgan fingerprint density at radius 1 is 1.16 bits per heavy atom. The lowest BCUT2D eigenvalue weighted by Crippen LogP contribution is -2.23. The summed E-state index contributed by atoms with van der Waals surface area (Å²) in [7, 11) is 0.0793. The number of hydrogen-bond acceptors (Lipinski definition) is 6. The standard InChI is InChI=1S/C17H21N3O4S/c1-4-24-17(21)14-6-8-15(9-7-14)25(22,23)19-12-13-5-10-16(18-11-13)20(2)3/h5-11,19H,4,12H2,1-3H3. The van der Waals surface area contributed by atoms with Gasteiger partial charge in [0.15, 0.2) is 0 Å². The zero-order valence-electron chi connectivity index (χ0n) is 14.4. The number of pyridine rings is 1. The van der Waals surface area contributed by atoms with Gasteiger partial charge in [0, 0.05) is 26.8 Å². The van der Waals surface area contributed by atoms with Gasteiger partial charge in [-0.25, -0.2) is 22.9 Å². The first-order chi connectivity index (χ1) is 11.8. The van der Waals surface area contributed by atoms with E-state index in [2.05, 4.69) is 9.71 Å². The topological polar surface area (TPSA) is 88.6 Å². The Labute approximate surface area is 147 Å². The normalized spacial score (nSPS) is 11.2. The molecule has 2 aromatic rings. The molecule has 0 spiro atoms. The summed E-state index contributed by atoms with van der Waals surface area (Å²) in [5, 5.41) is 0. The van der Waals surface area contributed by atoms with Gasteiger partial charge in [-0.1, -0.05) is 6.07 Å². The van der Waals surface area contributed by atoms with Crippen LogP contribution >= 0.6 is 0 Å². The first-order valence-corrected chi connectivity index (χ1v) is 9.21. The minimum Gasteiger partial charge on any atom is -0.462 e. The van der Waals surface area contributed by atoms with Gasteiger partial charge in [0.25, 0.3) is 0 Å². The van der Waals surface area contributed by atoms with E-state index in [0.29, 0.717) is 5.56 Å². The minimum atomic E-state index is -3.68. The Kier molecular flexibility index (Phi) is 6.11. The summed E-state index contributed by atoms with van der Waals surface area (Å²) in [5.74, 6) is 0.313. The number of rotatable bonds is 7. The molecule has 0 unspecified atom stereocenters. The molecule has 7 nitrogen and oxygen atoms in total. The van der Waals surface area contributed by atoms with Gasteiger partial charge in [-0.3, -0.25) is 0 Å². The van der Waals surface area contributed by atoms with E-state index in [0.717, 1.165) is 11.4 Å². The third-order valence-electron chi connectivity index (χ3n) is 3.41. The van der Waals surface area contributed by atoms with Crippen molar-refractivity contribution >= 4 is 21.8 Å². The number of nitrogens with one attached hydrogen (secondary N) is 1. The number of anilines is 1. The lowest BCUT2D eigenvalue weighted by atomic mass is 10.2. The highest BCUT2D eigenvalue weighted by molar-refractivity contribution is 7.89. The van der Waals surface area contributed by atoms with E-state index in [1.54, 1.807) is 13.1 Å². The molecular weight excluding hydrogens is 342 g/mol. The number of carbonyl (C=O) groups excluding carboxylic acids is 1. The highest BCUT2D eigenvalue weighted by atomic mass is 32.2. The van der Waals surface area contributed by atoms with Crippen LogP contribution in [0.2, 0.25) is 0 Å². The van der Waals surface area contributed by atoms with Crippen molar-refractivity contribution in [2.24, 2.45) is 0 Å². The average Bonchev–Trinajstić information content (AvgIpc) is 2.61. The number of sulfonamides is 1. The minimum absolute atomic E-state index is 0.0819. The third-order valence-corrected chi connectivity index (χ3v) is 4.83. The van der Waals surface area contributed by atoms with Crippen molar-refractivity contribution in [1.29, 1.82) is 0 Å². The highest BCUT2D eigenvalue weighted by Crippen LogP contribution is 2.13. The van der Waals surface area contributed by atoms with Crippen molar-refractivity contribution in [1.82, 2.24) is 9.71 Å². The third kappa shape index (κ3) is 5.01. The predicted octanol–water partition coefficient (Wildman–Crippen LogP) is 1.80. The Hall–Kier alpha value is -2.45. The van der Waals surface area contributed by atoms with Crippen molar-refractivity contribution in [3.63, 3.8) is 0 Å². The van der Waals surface area contributed by atoms with E-state index < -0.39 is 16.0 Å². The zero-order chi connectivity index (χ0) is 18.4. The summed E-state index contributed by atoms with van der Waals surface area (Å²) in [6, 6.07) is 9.25. The Morgan fingerprint density at radius 2 is 1.84 bits per heavy atom. The van der Waals surface area contributed by atoms with Crippen LogP contribution in [-0.4, -0.2) is 40.1 Å². The summed E-state index contributed by atoms with van der Waals surface area (Å²) in [6.45, 7) is 2.10. The Morgan fingerprint density at radius 3 is 2.36 bits per heavy atom. The van der Waals surface area contributed by atoms with Crippen molar-refractivity contribution in [2.75, 3.05) is 25.6 Å². The molecule has 8 heteroatoms. The molecule has 0 aliphatic carbocycles. The van der Waals surface area contributed by atoms with Gasteiger partial charge in [-0.15, -0.1) is 0 Å². The van der Waals surface area contributed by atoms with E-state index in [4.69, 9.17) is 4.74 Å². The fraction of sp³-hybridized carbons (Fsp3) is 0.294. The molecule has 0 amide bonds. The fourth-order valence-electron chi connectivity index (χ4n) is 2.03. The molecule has 0 atom stereocenters. The molecule has 25 heavy (non-hydrogen) atoms. The molecule has 0 saturated heterocycles. The summed E-state index contributed by atoms with van der Waals surface area (Å²) in [4.78, 5) is 17.8. The average molecular weight is 363 g/mol. The van der Waals surface area contributed by atoms with Crippen LogP contribution in [0.3, 0.4) is 0 Å². The lowest BCUT2D eigenvalue weighted by Gasteiger charge is -2.12. The quantitative estimate of drug-likeness (QED) is 0.755. The summed E-state index contributed by atoms with van der Waals surface area (Å²) >= 11 is 0. The molecule has 0 bridgehead atoms. The maximum absolute atomic E-state index is 12.3. The van der Waals surface area contributed by atoms with E-state index >= 15 is 0 Å². The smallest absolute Gasteiger partial charge is 0.338 e. The van der Waals surface area contributed by atoms with Gasteiger partial charge in [0.05, 0.1) is 17.1 Å². The van der Waals surface area contributed by atoms with Crippen LogP contribution in [0.25, 0.3) is 0 Å². The number of nitrogens with zero attached hydrogens (tertiary/aromatic N) is 2. The van der Waals surface area contributed by atoms with E-state index in [-0.39, 0.29) is 18.0 Å². The number of esters is 1.